The van der Waals surface area contributed by atoms with E-state index in [4.69, 9.17) is 16.3 Å². The van der Waals surface area contributed by atoms with Crippen LogP contribution in [0.25, 0.3) is 11.3 Å². The summed E-state index contributed by atoms with van der Waals surface area (Å²) in [6.07, 6.45) is 0.985. The largest absolute Gasteiger partial charge is 0.491 e. The van der Waals surface area contributed by atoms with Crippen molar-refractivity contribution in [3.63, 3.8) is 0 Å². The van der Waals surface area contributed by atoms with Gasteiger partial charge in [0, 0.05) is 5.56 Å². The van der Waals surface area contributed by atoms with E-state index >= 15 is 0 Å². The Morgan fingerprint density at radius 2 is 2.13 bits per heavy atom. The Labute approximate surface area is 135 Å². The number of nitrogens with zero attached hydrogens (tertiary/aromatic N) is 2. The van der Waals surface area contributed by atoms with Crippen molar-refractivity contribution in [2.24, 2.45) is 5.84 Å². The molecule has 2 rings (SSSR count). The van der Waals surface area contributed by atoms with Gasteiger partial charge in [-0.2, -0.15) is 0 Å². The summed E-state index contributed by atoms with van der Waals surface area (Å²) in [5.41, 5.74) is 9.74. The van der Waals surface area contributed by atoms with Gasteiger partial charge in [0.2, 0.25) is 5.95 Å². The molecule has 23 heavy (non-hydrogen) atoms. The van der Waals surface area contributed by atoms with Crippen LogP contribution in [-0.2, 0) is 0 Å². The highest BCUT2D eigenvalue weighted by Gasteiger charge is 2.19. The number of nitrogens with one attached hydrogen (secondary N) is 1. The molecule has 0 spiro atoms. The number of aryl methyl sites for hydroxylation is 1. The van der Waals surface area contributed by atoms with Gasteiger partial charge >= 0.3 is 0 Å². The van der Waals surface area contributed by atoms with Crippen LogP contribution in [-0.4, -0.2) is 22.0 Å². The molecule has 0 aliphatic rings. The quantitative estimate of drug-likeness (QED) is 0.440. The number of aromatic nitrogens is 2. The molecule has 0 aliphatic heterocycles. The zero-order valence-corrected chi connectivity index (χ0v) is 13.5. The molecule has 1 aromatic carbocycles. The van der Waals surface area contributed by atoms with Crippen LogP contribution < -0.4 is 21.7 Å². The SMILES string of the molecule is CCC(C)Oc1cccc(-c2nc(N)nc(C)c2C(=O)NN)c1. The van der Waals surface area contributed by atoms with Crippen molar-refractivity contribution in [3.05, 3.63) is 35.5 Å². The van der Waals surface area contributed by atoms with Crippen LogP contribution >= 0.6 is 0 Å². The maximum atomic E-state index is 12.1. The fourth-order valence-corrected chi connectivity index (χ4v) is 2.18. The van der Waals surface area contributed by atoms with Gasteiger partial charge in [-0.3, -0.25) is 10.2 Å². The zero-order chi connectivity index (χ0) is 17.0. The minimum Gasteiger partial charge on any atom is -0.491 e. The van der Waals surface area contributed by atoms with Crippen molar-refractivity contribution in [1.29, 1.82) is 0 Å². The molecule has 0 fully saturated rings. The van der Waals surface area contributed by atoms with Crippen LogP contribution in [0.3, 0.4) is 0 Å². The molecule has 0 saturated heterocycles. The summed E-state index contributed by atoms with van der Waals surface area (Å²) < 4.78 is 5.81. The molecule has 2 aromatic rings. The number of hydrazine groups is 1. The van der Waals surface area contributed by atoms with E-state index in [1.165, 1.54) is 0 Å². The van der Waals surface area contributed by atoms with E-state index in [1.54, 1.807) is 6.92 Å². The standard InChI is InChI=1S/C16H21N5O2/c1-4-9(2)23-12-7-5-6-11(8-12)14-13(15(22)21-18)10(3)19-16(17)20-14/h5-9H,4,18H2,1-3H3,(H,21,22)(H2,17,19,20). The Morgan fingerprint density at radius 3 is 2.78 bits per heavy atom. The third kappa shape index (κ3) is 3.75. The van der Waals surface area contributed by atoms with Gasteiger partial charge in [0.25, 0.3) is 5.91 Å². The second-order valence-corrected chi connectivity index (χ2v) is 5.23. The first-order valence-corrected chi connectivity index (χ1v) is 7.38. The number of nitrogens with two attached hydrogens (primary N) is 2. The average Bonchev–Trinajstić information content (AvgIpc) is 2.53. The van der Waals surface area contributed by atoms with E-state index in [9.17, 15) is 4.79 Å². The molecule has 0 bridgehead atoms. The summed E-state index contributed by atoms with van der Waals surface area (Å²) in [7, 11) is 0. The Kier molecular flexibility index (Phi) is 5.13. The number of nitrogen functional groups attached to an aromatic ring is 2. The molecule has 122 valence electrons. The Balaban J connectivity index is 2.53. The van der Waals surface area contributed by atoms with Gasteiger partial charge in [-0.1, -0.05) is 19.1 Å². The molecule has 1 atom stereocenters. The number of ether oxygens (including phenoxy) is 1. The van der Waals surface area contributed by atoms with Gasteiger partial charge in [-0.25, -0.2) is 15.8 Å². The van der Waals surface area contributed by atoms with Gasteiger partial charge in [0.05, 0.1) is 23.1 Å². The van der Waals surface area contributed by atoms with Gasteiger partial charge < -0.3 is 10.5 Å². The highest BCUT2D eigenvalue weighted by molar-refractivity contribution is 6.00. The molecule has 7 heteroatoms. The highest BCUT2D eigenvalue weighted by atomic mass is 16.5. The Morgan fingerprint density at radius 1 is 1.39 bits per heavy atom. The molecular formula is C16H21N5O2. The molecule has 0 saturated carbocycles. The predicted molar refractivity (Wildman–Crippen MR) is 88.7 cm³/mol. The maximum Gasteiger partial charge on any atom is 0.269 e. The molecule has 0 radical (unpaired) electrons. The van der Waals surface area contributed by atoms with Crippen molar-refractivity contribution in [2.75, 3.05) is 5.73 Å². The van der Waals surface area contributed by atoms with E-state index in [2.05, 4.69) is 15.4 Å². The van der Waals surface area contributed by atoms with Gasteiger partial charge in [-0.15, -0.1) is 0 Å². The van der Waals surface area contributed by atoms with Crippen LogP contribution in [0, 0.1) is 6.92 Å². The van der Waals surface area contributed by atoms with Crippen LogP contribution in [0.5, 0.6) is 5.75 Å². The second-order valence-electron chi connectivity index (χ2n) is 5.23. The molecule has 1 amide bonds. The average molecular weight is 315 g/mol. The van der Waals surface area contributed by atoms with E-state index < -0.39 is 5.91 Å². The molecule has 1 unspecified atom stereocenters. The predicted octanol–water partition coefficient (Wildman–Crippen LogP) is 1.82. The van der Waals surface area contributed by atoms with Crippen molar-refractivity contribution in [1.82, 2.24) is 15.4 Å². The first-order valence-electron chi connectivity index (χ1n) is 7.38. The van der Waals surface area contributed by atoms with E-state index in [-0.39, 0.29) is 12.1 Å². The summed E-state index contributed by atoms with van der Waals surface area (Å²) in [6.45, 7) is 5.73. The monoisotopic (exact) mass is 315 g/mol. The molecule has 7 nitrogen and oxygen atoms in total. The Hall–Kier alpha value is -2.67. The summed E-state index contributed by atoms with van der Waals surface area (Å²) in [5.74, 6) is 5.59. The van der Waals surface area contributed by atoms with Crippen molar-refractivity contribution < 1.29 is 9.53 Å². The lowest BCUT2D eigenvalue weighted by atomic mass is 10.0. The minimum absolute atomic E-state index is 0.0919. The number of carbonyl (C=O) groups excluding carboxylic acids is 1. The summed E-state index contributed by atoms with van der Waals surface area (Å²) >= 11 is 0. The first kappa shape index (κ1) is 16.7. The van der Waals surface area contributed by atoms with Crippen LogP contribution in [0.1, 0.15) is 36.3 Å². The number of hydrogen-bond acceptors (Lipinski definition) is 6. The molecule has 1 heterocycles. The fourth-order valence-electron chi connectivity index (χ4n) is 2.18. The summed E-state index contributed by atoms with van der Waals surface area (Å²) in [5, 5.41) is 0. The van der Waals surface area contributed by atoms with Crippen molar-refractivity contribution in [2.45, 2.75) is 33.3 Å². The smallest absolute Gasteiger partial charge is 0.269 e. The number of amides is 1. The van der Waals surface area contributed by atoms with Crippen LogP contribution in [0.4, 0.5) is 5.95 Å². The van der Waals surface area contributed by atoms with E-state index in [1.807, 2.05) is 38.1 Å². The first-order chi connectivity index (χ1) is 11.0. The number of benzene rings is 1. The topological polar surface area (TPSA) is 116 Å². The van der Waals surface area contributed by atoms with Gasteiger partial charge in [0.1, 0.15) is 5.75 Å². The maximum absolute atomic E-state index is 12.1. The summed E-state index contributed by atoms with van der Waals surface area (Å²) in [4.78, 5) is 20.3. The normalized spacial score (nSPS) is 11.8. The lowest BCUT2D eigenvalue weighted by molar-refractivity contribution is 0.0953. The van der Waals surface area contributed by atoms with E-state index in [0.29, 0.717) is 28.3 Å². The lowest BCUT2D eigenvalue weighted by Crippen LogP contribution is -2.31. The summed E-state index contributed by atoms with van der Waals surface area (Å²) in [6, 6.07) is 7.35. The fraction of sp³-hybridized carbons (Fsp3) is 0.312. The number of carbonyl (C=O) groups is 1. The second kappa shape index (κ2) is 7.06. The number of anilines is 1. The van der Waals surface area contributed by atoms with Crippen molar-refractivity contribution >= 4 is 11.9 Å². The number of rotatable bonds is 5. The molecular weight excluding hydrogens is 294 g/mol. The minimum atomic E-state index is -0.467. The molecule has 5 N–H and O–H groups in total. The van der Waals surface area contributed by atoms with Crippen LogP contribution in [0.2, 0.25) is 0 Å². The van der Waals surface area contributed by atoms with Crippen molar-refractivity contribution in [3.8, 4) is 17.0 Å². The lowest BCUT2D eigenvalue weighted by Gasteiger charge is -2.15. The zero-order valence-electron chi connectivity index (χ0n) is 13.5. The third-order valence-corrected chi connectivity index (χ3v) is 3.49. The third-order valence-electron chi connectivity index (χ3n) is 3.49. The molecule has 0 aliphatic carbocycles. The highest BCUT2D eigenvalue weighted by Crippen LogP contribution is 2.28. The van der Waals surface area contributed by atoms with Gasteiger partial charge in [0.15, 0.2) is 0 Å². The number of hydrogen-bond donors (Lipinski definition) is 3. The van der Waals surface area contributed by atoms with E-state index in [0.717, 1.165) is 6.42 Å². The molecule has 1 aromatic heterocycles. The van der Waals surface area contributed by atoms with Gasteiger partial charge in [-0.05, 0) is 32.4 Å². The van der Waals surface area contributed by atoms with Crippen LogP contribution in [0.15, 0.2) is 24.3 Å². The Bertz CT molecular complexity index is 718.